The molecule has 0 saturated carbocycles. The number of fused-ring (bicyclic) bond motifs is 1. The predicted octanol–water partition coefficient (Wildman–Crippen LogP) is 1.86. The Balaban J connectivity index is 0.00000272. The van der Waals surface area contributed by atoms with Crippen molar-refractivity contribution in [1.29, 1.82) is 0 Å². The molecule has 3 aromatic rings. The van der Waals surface area contributed by atoms with Gasteiger partial charge in [0.25, 0.3) is 11.9 Å². The smallest absolute Gasteiger partial charge is 0.482 e. The van der Waals surface area contributed by atoms with Gasteiger partial charge in [0.1, 0.15) is 5.82 Å². The van der Waals surface area contributed by atoms with Crippen LogP contribution in [0.2, 0.25) is 0 Å². The van der Waals surface area contributed by atoms with E-state index in [1.165, 1.54) is 23.9 Å². The number of nitrogens with one attached hydrogen (secondary N) is 1. The minimum absolute atomic E-state index is 0. The number of benzene rings is 3. The maximum absolute atomic E-state index is 13.3. The first-order valence-electron chi connectivity index (χ1n) is 9.12. The Labute approximate surface area is 204 Å². The third-order valence-electron chi connectivity index (χ3n) is 4.71. The van der Waals surface area contributed by atoms with Gasteiger partial charge in [-0.1, -0.05) is 25.1 Å². The molecule has 150 valence electrons. The Bertz CT molecular complexity index is 1240. The van der Waals surface area contributed by atoms with Crippen LogP contribution < -0.4 is 34.9 Å². The first-order valence-corrected chi connectivity index (χ1v) is 9.94. The SMILES string of the molecule is CC(C(=O)O)c1c[c-]ccc1N=C1NC(=O)C(=Cc2ccc3cc(F)ccc3c2)S1.[Na+]. The molecule has 0 aromatic heterocycles. The van der Waals surface area contributed by atoms with Gasteiger partial charge in [0.2, 0.25) is 0 Å². The first kappa shape index (κ1) is 23.2. The van der Waals surface area contributed by atoms with E-state index in [1.54, 1.807) is 43.3 Å². The second-order valence-corrected chi connectivity index (χ2v) is 7.81. The number of rotatable bonds is 4. The van der Waals surface area contributed by atoms with Crippen LogP contribution in [0.3, 0.4) is 0 Å². The van der Waals surface area contributed by atoms with Gasteiger partial charge in [0, 0.05) is 5.92 Å². The number of thioether (sulfide) groups is 1. The number of nitrogens with zero attached hydrogens (tertiary/aromatic N) is 1. The van der Waals surface area contributed by atoms with Crippen LogP contribution in [0.4, 0.5) is 10.1 Å². The van der Waals surface area contributed by atoms with Crippen LogP contribution in [-0.4, -0.2) is 22.2 Å². The summed E-state index contributed by atoms with van der Waals surface area (Å²) in [6.45, 7) is 1.58. The summed E-state index contributed by atoms with van der Waals surface area (Å²) in [4.78, 5) is 28.6. The van der Waals surface area contributed by atoms with Crippen LogP contribution in [0.25, 0.3) is 16.8 Å². The number of amidine groups is 1. The third-order valence-corrected chi connectivity index (χ3v) is 5.62. The molecule has 0 radical (unpaired) electrons. The molecule has 3 aromatic carbocycles. The fourth-order valence-electron chi connectivity index (χ4n) is 3.08. The normalized spacial score (nSPS) is 16.9. The minimum atomic E-state index is -0.962. The van der Waals surface area contributed by atoms with Gasteiger partial charge in [0.05, 0.1) is 4.91 Å². The summed E-state index contributed by atoms with van der Waals surface area (Å²) in [6.07, 6.45) is 1.74. The van der Waals surface area contributed by atoms with Gasteiger partial charge >= 0.3 is 29.6 Å². The number of carboxylic acids is 1. The number of amides is 1. The number of aliphatic imine (C=N–C) groups is 1. The maximum atomic E-state index is 13.3. The monoisotopic (exact) mass is 442 g/mol. The molecular weight excluding hydrogens is 426 g/mol. The van der Waals surface area contributed by atoms with E-state index in [2.05, 4.69) is 16.4 Å². The predicted molar refractivity (Wildman–Crippen MR) is 116 cm³/mol. The molecule has 0 spiro atoms. The summed E-state index contributed by atoms with van der Waals surface area (Å²) in [6, 6.07) is 17.8. The average molecular weight is 442 g/mol. The Kier molecular flexibility index (Phi) is 7.33. The largest absolute Gasteiger partial charge is 1.00 e. The molecular formula is C23H16FN2NaO3S. The molecule has 1 unspecified atom stereocenters. The summed E-state index contributed by atoms with van der Waals surface area (Å²) >= 11 is 1.18. The van der Waals surface area contributed by atoms with E-state index in [9.17, 15) is 19.1 Å². The first-order chi connectivity index (χ1) is 14.4. The van der Waals surface area contributed by atoms with Crippen molar-refractivity contribution in [3.63, 3.8) is 0 Å². The zero-order valence-electron chi connectivity index (χ0n) is 16.8. The molecule has 1 aliphatic rings. The Hall–Kier alpha value is -2.45. The fourth-order valence-corrected chi connectivity index (χ4v) is 3.92. The summed E-state index contributed by atoms with van der Waals surface area (Å²) < 4.78 is 13.3. The summed E-state index contributed by atoms with van der Waals surface area (Å²) in [5.74, 6) is -2.29. The van der Waals surface area contributed by atoms with Crippen LogP contribution in [0.5, 0.6) is 0 Å². The molecule has 1 fully saturated rings. The van der Waals surface area contributed by atoms with Crippen molar-refractivity contribution in [1.82, 2.24) is 5.32 Å². The number of hydrogen-bond acceptors (Lipinski definition) is 4. The minimum Gasteiger partial charge on any atom is -0.482 e. The summed E-state index contributed by atoms with van der Waals surface area (Å²) in [5.41, 5.74) is 1.80. The average Bonchev–Trinajstić information content (AvgIpc) is 3.06. The van der Waals surface area contributed by atoms with Gasteiger partial charge in [-0.2, -0.15) is 18.2 Å². The molecule has 4 rings (SSSR count). The summed E-state index contributed by atoms with van der Waals surface area (Å²) in [5, 5.41) is 14.0. The van der Waals surface area contributed by atoms with E-state index >= 15 is 0 Å². The molecule has 5 nitrogen and oxygen atoms in total. The molecule has 1 atom stereocenters. The van der Waals surface area contributed by atoms with Crippen LogP contribution in [0.1, 0.15) is 24.0 Å². The van der Waals surface area contributed by atoms with E-state index < -0.39 is 11.9 Å². The van der Waals surface area contributed by atoms with E-state index in [-0.39, 0.29) is 41.3 Å². The second kappa shape index (κ2) is 9.78. The van der Waals surface area contributed by atoms with Crippen LogP contribution in [0, 0.1) is 11.9 Å². The number of carbonyl (C=O) groups is 2. The van der Waals surface area contributed by atoms with E-state index in [0.29, 0.717) is 21.3 Å². The Morgan fingerprint density at radius 1 is 1.23 bits per heavy atom. The second-order valence-electron chi connectivity index (χ2n) is 6.78. The van der Waals surface area contributed by atoms with Gasteiger partial charge in [0.15, 0.2) is 5.17 Å². The van der Waals surface area contributed by atoms with Gasteiger partial charge in [-0.3, -0.25) is 14.6 Å². The molecule has 8 heteroatoms. The molecule has 31 heavy (non-hydrogen) atoms. The number of hydrogen-bond donors (Lipinski definition) is 2. The number of aliphatic carboxylic acids is 1. The summed E-state index contributed by atoms with van der Waals surface area (Å²) in [7, 11) is 0. The molecule has 0 aliphatic carbocycles. The standard InChI is InChI=1S/C23H16FN2O3S.Na/c1-13(22(28)29)18-4-2-3-5-19(18)25-23-26-21(27)20(30-23)11-14-6-7-16-12-17(24)9-8-15(16)10-14;/h3-13H,1H3,(H,28,29)(H,25,26,27);/q-1;+1. The fraction of sp³-hybridized carbons (Fsp3) is 0.0870. The van der Waals surface area contributed by atoms with E-state index in [4.69, 9.17) is 0 Å². The Morgan fingerprint density at radius 3 is 2.74 bits per heavy atom. The molecule has 1 heterocycles. The van der Waals surface area contributed by atoms with Crippen molar-refractivity contribution in [2.24, 2.45) is 4.99 Å². The zero-order chi connectivity index (χ0) is 21.3. The topological polar surface area (TPSA) is 78.8 Å². The zero-order valence-corrected chi connectivity index (χ0v) is 19.7. The number of halogens is 1. The van der Waals surface area contributed by atoms with Gasteiger partial charge in [-0.25, -0.2) is 4.39 Å². The van der Waals surface area contributed by atoms with Crippen molar-refractivity contribution in [2.75, 3.05) is 0 Å². The number of carboxylic acid groups (broad SMARTS) is 1. The molecule has 1 saturated heterocycles. The van der Waals surface area contributed by atoms with E-state index in [0.717, 1.165) is 16.3 Å². The van der Waals surface area contributed by atoms with Crippen molar-refractivity contribution in [3.8, 4) is 0 Å². The van der Waals surface area contributed by atoms with Crippen molar-refractivity contribution >= 4 is 51.3 Å². The van der Waals surface area contributed by atoms with E-state index in [1.807, 2.05) is 12.1 Å². The van der Waals surface area contributed by atoms with Crippen LogP contribution in [0.15, 0.2) is 64.5 Å². The molecule has 2 N–H and O–H groups in total. The maximum Gasteiger partial charge on any atom is 1.00 e. The molecule has 0 bridgehead atoms. The van der Waals surface area contributed by atoms with Crippen molar-refractivity contribution < 1.29 is 48.6 Å². The van der Waals surface area contributed by atoms with Gasteiger partial charge < -0.3 is 10.4 Å². The molecule has 1 amide bonds. The van der Waals surface area contributed by atoms with Crippen LogP contribution in [-0.2, 0) is 9.59 Å². The van der Waals surface area contributed by atoms with Gasteiger partial charge in [-0.05, 0) is 58.1 Å². The van der Waals surface area contributed by atoms with Crippen molar-refractivity contribution in [3.05, 3.63) is 82.5 Å². The Morgan fingerprint density at radius 2 is 1.97 bits per heavy atom. The van der Waals surface area contributed by atoms with Gasteiger partial charge in [-0.15, -0.1) is 11.6 Å². The number of carbonyl (C=O) groups excluding carboxylic acids is 1. The third kappa shape index (κ3) is 5.25. The van der Waals surface area contributed by atoms with Crippen molar-refractivity contribution in [2.45, 2.75) is 12.8 Å². The van der Waals surface area contributed by atoms with Crippen LogP contribution >= 0.6 is 11.8 Å². The molecule has 1 aliphatic heterocycles. The quantitative estimate of drug-likeness (QED) is 0.367.